The fourth-order valence-corrected chi connectivity index (χ4v) is 0. The molecule has 20 valence electrons. The van der Waals surface area contributed by atoms with Crippen LogP contribution in [0.4, 0.5) is 0 Å². The van der Waals surface area contributed by atoms with Crippen LogP contribution in [-0.4, -0.2) is 5.48 Å². The van der Waals surface area contributed by atoms with Crippen LogP contribution < -0.4 is 98.3 Å². The van der Waals surface area contributed by atoms with Gasteiger partial charge in [0.05, 0.1) is 0 Å². The third-order valence-electron chi connectivity index (χ3n) is 0. The molecular weight excluding hydrogens is 126 g/mol. The molecule has 0 rings (SSSR count). The van der Waals surface area contributed by atoms with E-state index in [1.807, 2.05) is 0 Å². The van der Waals surface area contributed by atoms with E-state index in [1.54, 1.807) is 0 Å². The van der Waals surface area contributed by atoms with Crippen molar-refractivity contribution in [2.75, 3.05) is 0 Å². The van der Waals surface area contributed by atoms with Gasteiger partial charge in [-0.15, -0.1) is 0 Å². The molecule has 0 heterocycles. The topological polar surface area (TPSA) is 65.6 Å². The number of hydrogen-bond donors (Lipinski definition) is 0. The summed E-state index contributed by atoms with van der Waals surface area (Å²) in [7, 11) is 0. The summed E-state index contributed by atoms with van der Waals surface area (Å²) in [5, 5.41) is 0. The van der Waals surface area contributed by atoms with Gasteiger partial charge in [-0.25, -0.2) is 0 Å². The first-order valence-electron chi connectivity index (χ1n) is 0.816. The molecule has 0 aromatic carbocycles. The Kier molecular flexibility index (Phi) is 90.7. The Labute approximate surface area is 99.7 Å². The summed E-state index contributed by atoms with van der Waals surface area (Å²) in [4.78, 5) is 0. The van der Waals surface area contributed by atoms with Crippen LogP contribution in [0.15, 0.2) is 0 Å². The van der Waals surface area contributed by atoms with E-state index in [4.69, 9.17) is -0.559 Å². The molecule has 0 bridgehead atoms. The van der Waals surface area contributed by atoms with Gasteiger partial charge >= 0.3 is 97.7 Å². The Balaban J connectivity index is -0.0000000133. The van der Waals surface area contributed by atoms with Crippen molar-refractivity contribution in [3.8, 4) is 0 Å². The summed E-state index contributed by atoms with van der Waals surface area (Å²) in [5.41, 5.74) is 0. The Morgan fingerprint density at radius 1 is 0.800 bits per heavy atom. The van der Waals surface area contributed by atoms with Gasteiger partial charge in [-0.05, 0) is 0 Å². The minimum absolute atomic E-state index is 0. The van der Waals surface area contributed by atoms with Gasteiger partial charge in [-0.3, -0.25) is 0 Å². The van der Waals surface area contributed by atoms with E-state index in [0.717, 1.165) is 0 Å². The first-order chi connectivity index (χ1) is 2.00. The molecule has 0 aliphatic heterocycles. The number of hydrogen-bond acceptors (Lipinski definition) is 2. The summed E-state index contributed by atoms with van der Waals surface area (Å²) in [6.07, 6.45) is 0. The Morgan fingerprint density at radius 3 is 0.800 bits per heavy atom. The second-order valence-corrected chi connectivity index (χ2v) is 0. The molecule has 0 unspecified atom stereocenters. The molecule has 0 amide bonds. The zero-order chi connectivity index (χ0) is 4.00. The van der Waals surface area contributed by atoms with Crippen molar-refractivity contribution in [1.82, 2.24) is 0 Å². The van der Waals surface area contributed by atoms with Crippen LogP contribution in [-0.2, 0) is -0.559 Å². The van der Waals surface area contributed by atoms with Gasteiger partial charge in [0.2, 0.25) is 0 Å². The third-order valence-corrected chi connectivity index (χ3v) is 0. The predicted octanol–water partition coefficient (Wildman–Crippen LogP) is -7.05. The molecule has 0 aromatic rings. The molecular formula is H2K2O3+2. The van der Waals surface area contributed by atoms with E-state index in [-0.39, 0.29) is 104 Å². The van der Waals surface area contributed by atoms with E-state index in [2.05, 4.69) is 0 Å². The summed E-state index contributed by atoms with van der Waals surface area (Å²) in [6, 6.07) is 0. The molecule has 0 saturated carbocycles. The molecule has 12 radical (unpaired) electrons. The van der Waals surface area contributed by atoms with Crippen LogP contribution >= 0.6 is 0 Å². The van der Waals surface area contributed by atoms with Crippen molar-refractivity contribution in [1.29, 1.82) is 0 Å². The predicted molar refractivity (Wildman–Crippen MR) is 4.99 cm³/mol. The van der Waals surface area contributed by atoms with Gasteiger partial charge in [0.1, 0.15) is 0 Å². The van der Waals surface area contributed by atoms with E-state index in [0.29, 0.717) is 0 Å². The number of rotatable bonds is 0. The van der Waals surface area contributed by atoms with Crippen molar-refractivity contribution in [2.24, 2.45) is 0 Å². The fourth-order valence-electron chi connectivity index (χ4n) is 0. The van der Waals surface area contributed by atoms with E-state index < -0.39 is 0 Å². The zero-order valence-electron chi connectivity index (χ0n) is 3.32. The molecule has 0 atom stereocenters. The molecule has 0 aliphatic carbocycles. The second-order valence-electron chi connectivity index (χ2n) is 0. The van der Waals surface area contributed by atoms with E-state index in [9.17, 15) is 0 Å². The SMILES string of the molecule is O.[O]=[K+].[O]=[K+]. The van der Waals surface area contributed by atoms with Gasteiger partial charge in [0.25, 0.3) is 0 Å². The molecule has 0 fully saturated rings. The van der Waals surface area contributed by atoms with Gasteiger partial charge in [-0.2, -0.15) is 0 Å². The molecule has 3 nitrogen and oxygen atoms in total. The van der Waals surface area contributed by atoms with Crippen molar-refractivity contribution < 1.29 is 103 Å². The maximum atomic E-state index is 8.44. The summed E-state index contributed by atoms with van der Waals surface area (Å²) in [6.45, 7) is 0. The van der Waals surface area contributed by atoms with Crippen LogP contribution in [0.25, 0.3) is 0 Å². The maximum absolute atomic E-state index is 8.44. The Bertz CT molecular complexity index is 6.85. The normalized spacial score (nSPS) is 1.60. The average molecular weight is 128 g/mol. The molecule has 0 aromatic heterocycles. The Morgan fingerprint density at radius 2 is 0.800 bits per heavy atom. The quantitative estimate of drug-likeness (QED) is 0.304. The van der Waals surface area contributed by atoms with Crippen LogP contribution in [0.1, 0.15) is 0 Å². The van der Waals surface area contributed by atoms with Gasteiger partial charge < -0.3 is 5.48 Å². The van der Waals surface area contributed by atoms with Crippen LogP contribution in [0.2, 0.25) is 0 Å². The zero-order valence-corrected chi connectivity index (χ0v) is 9.56. The first-order valence-corrected chi connectivity index (χ1v) is 3.37. The summed E-state index contributed by atoms with van der Waals surface area (Å²) in [5.74, 6) is 0. The second kappa shape index (κ2) is 29.0. The third kappa shape index (κ3) is 19.9. The Hall–Kier alpha value is 2.83. The monoisotopic (exact) mass is 128 g/mol. The van der Waals surface area contributed by atoms with Crippen molar-refractivity contribution in [3.63, 3.8) is 0 Å². The van der Waals surface area contributed by atoms with Crippen molar-refractivity contribution >= 4 is 0 Å². The molecule has 5 heavy (non-hydrogen) atoms. The van der Waals surface area contributed by atoms with Crippen LogP contribution in [0, 0.1) is 0 Å². The fraction of sp³-hybridized carbons (Fsp3) is 0. The van der Waals surface area contributed by atoms with Gasteiger partial charge in [0, 0.05) is 0 Å². The summed E-state index contributed by atoms with van der Waals surface area (Å²) >= 11 is -0.375. The molecule has 0 spiro atoms. The standard InChI is InChI=1S/2K.H2O.2O/h;;1H2;;/q2*+1;;;. The average Bonchev–Trinajstić information content (AvgIpc) is 1.50. The van der Waals surface area contributed by atoms with Crippen LogP contribution in [0.5, 0.6) is 0 Å². The molecule has 2 N–H and O–H groups in total. The van der Waals surface area contributed by atoms with Gasteiger partial charge in [-0.1, -0.05) is 0 Å². The van der Waals surface area contributed by atoms with E-state index >= 15 is 0 Å². The van der Waals surface area contributed by atoms with E-state index in [1.165, 1.54) is 0 Å². The van der Waals surface area contributed by atoms with Crippen molar-refractivity contribution in [3.05, 3.63) is 0 Å². The molecule has 0 saturated heterocycles. The van der Waals surface area contributed by atoms with Crippen LogP contribution in [0.3, 0.4) is 0 Å². The summed E-state index contributed by atoms with van der Waals surface area (Å²) < 4.78 is 16.9. The van der Waals surface area contributed by atoms with Gasteiger partial charge in [0.15, 0.2) is 0 Å². The van der Waals surface area contributed by atoms with Crippen molar-refractivity contribution in [2.45, 2.75) is 0 Å². The minimum atomic E-state index is -0.188. The molecule has 0 aliphatic rings. The first kappa shape index (κ1) is 15.7. The molecule has 5 heteroatoms.